The minimum atomic E-state index is -0.0828. The number of carbonyl (C=O) groups is 1. The lowest BCUT2D eigenvalue weighted by Gasteiger charge is -2.13. The lowest BCUT2D eigenvalue weighted by molar-refractivity contribution is 0.0953. The lowest BCUT2D eigenvalue weighted by Crippen LogP contribution is -2.30. The van der Waals surface area contributed by atoms with E-state index in [0.717, 1.165) is 10.9 Å². The Labute approximate surface area is 130 Å². The molecule has 1 aromatic carbocycles. The van der Waals surface area contributed by atoms with Gasteiger partial charge in [-0.05, 0) is 46.5 Å². The number of rotatable bonds is 5. The van der Waals surface area contributed by atoms with Crippen LogP contribution in [0.1, 0.15) is 30.6 Å². The van der Waals surface area contributed by atoms with E-state index in [1.807, 2.05) is 0 Å². The van der Waals surface area contributed by atoms with Gasteiger partial charge in [0.05, 0.1) is 5.02 Å². The zero-order valence-electron chi connectivity index (χ0n) is 10.3. The van der Waals surface area contributed by atoms with Crippen molar-refractivity contribution in [1.29, 1.82) is 0 Å². The summed E-state index contributed by atoms with van der Waals surface area (Å²) in [7, 11) is 0. The molecule has 1 rings (SSSR count). The van der Waals surface area contributed by atoms with Crippen LogP contribution in [0.3, 0.4) is 0 Å². The molecule has 18 heavy (non-hydrogen) atoms. The number of amides is 1. The number of hydrogen-bond donors (Lipinski definition) is 1. The van der Waals surface area contributed by atoms with Gasteiger partial charge in [-0.3, -0.25) is 4.79 Å². The van der Waals surface area contributed by atoms with E-state index in [1.165, 1.54) is 0 Å². The maximum Gasteiger partial charge on any atom is 0.251 e. The summed E-state index contributed by atoms with van der Waals surface area (Å²) >= 11 is 12.8. The second-order valence-electron chi connectivity index (χ2n) is 4.57. The molecular formula is C13H16Br2ClNO. The summed E-state index contributed by atoms with van der Waals surface area (Å²) < 4.78 is 0.731. The molecule has 0 aliphatic rings. The van der Waals surface area contributed by atoms with Crippen molar-refractivity contribution in [3.8, 4) is 0 Å². The van der Waals surface area contributed by atoms with E-state index in [-0.39, 0.29) is 5.91 Å². The van der Waals surface area contributed by atoms with Crippen molar-refractivity contribution in [2.24, 2.45) is 5.92 Å². The zero-order valence-corrected chi connectivity index (χ0v) is 14.3. The van der Waals surface area contributed by atoms with Gasteiger partial charge in [0.1, 0.15) is 0 Å². The quantitative estimate of drug-likeness (QED) is 0.721. The molecule has 0 saturated carbocycles. The molecular weight excluding hydrogens is 381 g/mol. The molecule has 1 aromatic rings. The third-order valence-electron chi connectivity index (χ3n) is 2.39. The van der Waals surface area contributed by atoms with Crippen molar-refractivity contribution in [2.45, 2.75) is 25.1 Å². The van der Waals surface area contributed by atoms with E-state index in [1.54, 1.807) is 18.2 Å². The summed E-state index contributed by atoms with van der Waals surface area (Å²) in [6.45, 7) is 4.94. The molecule has 1 atom stereocenters. The Balaban J connectivity index is 2.52. The van der Waals surface area contributed by atoms with Gasteiger partial charge in [0, 0.05) is 21.4 Å². The van der Waals surface area contributed by atoms with Crippen molar-refractivity contribution in [3.05, 3.63) is 33.3 Å². The molecule has 0 aliphatic heterocycles. The van der Waals surface area contributed by atoms with Crippen molar-refractivity contribution in [3.63, 3.8) is 0 Å². The second-order valence-corrected chi connectivity index (χ2v) is 7.12. The predicted molar refractivity (Wildman–Crippen MR) is 83.7 cm³/mol. The minimum Gasteiger partial charge on any atom is -0.351 e. The zero-order chi connectivity index (χ0) is 13.7. The van der Waals surface area contributed by atoms with Gasteiger partial charge in [-0.15, -0.1) is 0 Å². The largest absolute Gasteiger partial charge is 0.351 e. The van der Waals surface area contributed by atoms with Gasteiger partial charge in [-0.1, -0.05) is 41.4 Å². The third-order valence-corrected chi connectivity index (χ3v) is 4.30. The number of halogens is 3. The fraction of sp³-hybridized carbons (Fsp3) is 0.462. The average Bonchev–Trinajstić information content (AvgIpc) is 2.28. The normalized spacial score (nSPS) is 12.6. The van der Waals surface area contributed by atoms with E-state index in [0.29, 0.717) is 27.9 Å². The van der Waals surface area contributed by atoms with Crippen LogP contribution in [0.5, 0.6) is 0 Å². The van der Waals surface area contributed by atoms with Crippen LogP contribution in [-0.4, -0.2) is 17.3 Å². The van der Waals surface area contributed by atoms with E-state index >= 15 is 0 Å². The Morgan fingerprint density at radius 1 is 1.44 bits per heavy atom. The highest BCUT2D eigenvalue weighted by molar-refractivity contribution is 9.10. The Kier molecular flexibility index (Phi) is 6.67. The van der Waals surface area contributed by atoms with Crippen LogP contribution in [-0.2, 0) is 0 Å². The number of benzene rings is 1. The molecule has 0 aliphatic carbocycles. The smallest absolute Gasteiger partial charge is 0.251 e. The van der Waals surface area contributed by atoms with Crippen LogP contribution in [0.4, 0.5) is 0 Å². The predicted octanol–water partition coefficient (Wildman–Crippen LogP) is 4.64. The Bertz CT molecular complexity index is 423. The summed E-state index contributed by atoms with van der Waals surface area (Å²) in [4.78, 5) is 12.2. The van der Waals surface area contributed by atoms with E-state index in [4.69, 9.17) is 11.6 Å². The molecule has 0 heterocycles. The van der Waals surface area contributed by atoms with Crippen LogP contribution in [0.2, 0.25) is 5.02 Å². The third kappa shape index (κ3) is 5.29. The number of carbonyl (C=O) groups excluding carboxylic acids is 1. The first-order chi connectivity index (χ1) is 8.40. The van der Waals surface area contributed by atoms with Crippen molar-refractivity contribution < 1.29 is 4.79 Å². The SMILES string of the molecule is CC(C)CC(Br)CNC(=O)c1ccc(Cl)c(Br)c1. The molecule has 2 nitrogen and oxygen atoms in total. The van der Waals surface area contributed by atoms with Crippen molar-refractivity contribution in [2.75, 3.05) is 6.54 Å². The molecule has 5 heteroatoms. The highest BCUT2D eigenvalue weighted by atomic mass is 79.9. The maximum atomic E-state index is 11.9. The molecule has 0 fully saturated rings. The van der Waals surface area contributed by atoms with Crippen LogP contribution in [0.25, 0.3) is 0 Å². The van der Waals surface area contributed by atoms with Gasteiger partial charge in [-0.2, -0.15) is 0 Å². The fourth-order valence-electron chi connectivity index (χ4n) is 1.54. The summed E-state index contributed by atoms with van der Waals surface area (Å²) in [6, 6.07) is 5.15. The standard InChI is InChI=1S/C13H16Br2ClNO/c1-8(2)5-10(14)7-17-13(18)9-3-4-12(16)11(15)6-9/h3-4,6,8,10H,5,7H2,1-2H3,(H,17,18). The Hall–Kier alpha value is -0.0600. The van der Waals surface area contributed by atoms with E-state index < -0.39 is 0 Å². The van der Waals surface area contributed by atoms with Crippen LogP contribution in [0, 0.1) is 5.92 Å². The molecule has 0 spiro atoms. The van der Waals surface area contributed by atoms with Gasteiger partial charge < -0.3 is 5.32 Å². The first-order valence-electron chi connectivity index (χ1n) is 5.77. The number of alkyl halides is 1. The highest BCUT2D eigenvalue weighted by Crippen LogP contribution is 2.23. The van der Waals surface area contributed by atoms with Crippen LogP contribution >= 0.6 is 43.5 Å². The molecule has 0 saturated heterocycles. The first-order valence-corrected chi connectivity index (χ1v) is 7.86. The van der Waals surface area contributed by atoms with Crippen LogP contribution in [0.15, 0.2) is 22.7 Å². The number of nitrogens with one attached hydrogen (secondary N) is 1. The fourth-order valence-corrected chi connectivity index (χ4v) is 2.94. The summed E-state index contributed by atoms with van der Waals surface area (Å²) in [5, 5.41) is 3.50. The topological polar surface area (TPSA) is 29.1 Å². The highest BCUT2D eigenvalue weighted by Gasteiger charge is 2.11. The monoisotopic (exact) mass is 395 g/mol. The average molecular weight is 398 g/mol. The Morgan fingerprint density at radius 2 is 2.11 bits per heavy atom. The molecule has 1 amide bonds. The molecule has 0 radical (unpaired) electrons. The van der Waals surface area contributed by atoms with Crippen molar-refractivity contribution >= 4 is 49.4 Å². The van der Waals surface area contributed by atoms with Gasteiger partial charge in [0.2, 0.25) is 0 Å². The van der Waals surface area contributed by atoms with Gasteiger partial charge in [0.25, 0.3) is 5.91 Å². The molecule has 100 valence electrons. The number of hydrogen-bond acceptors (Lipinski definition) is 1. The minimum absolute atomic E-state index is 0.0828. The van der Waals surface area contributed by atoms with E-state index in [9.17, 15) is 4.79 Å². The van der Waals surface area contributed by atoms with Gasteiger partial charge in [0.15, 0.2) is 0 Å². The van der Waals surface area contributed by atoms with E-state index in [2.05, 4.69) is 51.0 Å². The first kappa shape index (κ1) is 16.0. The van der Waals surface area contributed by atoms with Gasteiger partial charge >= 0.3 is 0 Å². The molecule has 0 bridgehead atoms. The molecule has 1 N–H and O–H groups in total. The summed E-state index contributed by atoms with van der Waals surface area (Å²) in [5.74, 6) is 0.525. The maximum absolute atomic E-state index is 11.9. The summed E-state index contributed by atoms with van der Waals surface area (Å²) in [6.07, 6.45) is 1.03. The Morgan fingerprint density at radius 3 is 2.67 bits per heavy atom. The van der Waals surface area contributed by atoms with Crippen molar-refractivity contribution in [1.82, 2.24) is 5.32 Å². The molecule has 1 unspecified atom stereocenters. The molecule has 0 aromatic heterocycles. The summed E-state index contributed by atoms with van der Waals surface area (Å²) in [5.41, 5.74) is 0.607. The lowest BCUT2D eigenvalue weighted by atomic mass is 10.1. The van der Waals surface area contributed by atoms with Gasteiger partial charge in [-0.25, -0.2) is 0 Å². The second kappa shape index (κ2) is 7.51. The van der Waals surface area contributed by atoms with Crippen LogP contribution < -0.4 is 5.32 Å².